The van der Waals surface area contributed by atoms with E-state index in [9.17, 15) is 4.79 Å². The van der Waals surface area contributed by atoms with E-state index < -0.39 is 0 Å². The minimum Gasteiger partial charge on any atom is -0.489 e. The fraction of sp³-hybridized carbons (Fsp3) is 0.594. The van der Waals surface area contributed by atoms with Crippen molar-refractivity contribution in [1.82, 2.24) is 14.7 Å². The molecular formula is C32H42Cl3N3O2. The molecule has 1 amide bonds. The molecule has 5 nitrogen and oxygen atoms in total. The predicted octanol–water partition coefficient (Wildman–Crippen LogP) is 7.31. The molecule has 0 unspecified atom stereocenters. The highest BCUT2D eigenvalue weighted by Gasteiger charge is 2.35. The standard InChI is InChI=1S/C32H42Cl3N3O2/c1-2-27(22-36-13-3-4-14-36)40-31-21-26(34)9-10-28(31)23-11-17-38(18-12-23)32(39)30(37-15-5-6-16-37)19-24-7-8-25(33)20-29(24)35/h7-10,20-21,23,27,30H,2-6,11-19,22H2,1H3/t27-,30+/m0/s1. The number of amides is 1. The summed E-state index contributed by atoms with van der Waals surface area (Å²) in [5.41, 5.74) is 2.20. The number of carbonyl (C=O) groups excluding carboxylic acids is 1. The van der Waals surface area contributed by atoms with Gasteiger partial charge in [-0.25, -0.2) is 0 Å². The minimum atomic E-state index is -0.192. The Labute approximate surface area is 254 Å². The summed E-state index contributed by atoms with van der Waals surface area (Å²) in [6.07, 6.45) is 8.39. The average molecular weight is 607 g/mol. The van der Waals surface area contributed by atoms with Gasteiger partial charge in [-0.3, -0.25) is 14.6 Å². The van der Waals surface area contributed by atoms with Crippen LogP contribution >= 0.6 is 34.8 Å². The lowest BCUT2D eigenvalue weighted by molar-refractivity contribution is -0.137. The maximum Gasteiger partial charge on any atom is 0.240 e. The zero-order valence-electron chi connectivity index (χ0n) is 23.6. The minimum absolute atomic E-state index is 0.151. The first-order valence-electron chi connectivity index (χ1n) is 15.1. The van der Waals surface area contributed by atoms with Gasteiger partial charge in [0.05, 0.1) is 6.04 Å². The summed E-state index contributed by atoms with van der Waals surface area (Å²) in [4.78, 5) is 20.9. The van der Waals surface area contributed by atoms with Crippen LogP contribution in [-0.4, -0.2) is 78.6 Å². The van der Waals surface area contributed by atoms with Gasteiger partial charge < -0.3 is 9.64 Å². The molecule has 2 aromatic rings. The number of nitrogens with zero attached hydrogens (tertiary/aromatic N) is 3. The molecule has 218 valence electrons. The van der Waals surface area contributed by atoms with Gasteiger partial charge in [0.2, 0.25) is 5.91 Å². The van der Waals surface area contributed by atoms with Crippen molar-refractivity contribution in [3.63, 3.8) is 0 Å². The molecule has 0 saturated carbocycles. The van der Waals surface area contributed by atoms with Crippen LogP contribution in [0.15, 0.2) is 36.4 Å². The van der Waals surface area contributed by atoms with Crippen molar-refractivity contribution in [2.45, 2.75) is 76.4 Å². The number of likely N-dealkylation sites (tertiary alicyclic amines) is 3. The smallest absolute Gasteiger partial charge is 0.240 e. The Bertz CT molecular complexity index is 1140. The summed E-state index contributed by atoms with van der Waals surface area (Å²) in [6, 6.07) is 11.5. The fourth-order valence-corrected chi connectivity index (χ4v) is 7.22. The zero-order valence-corrected chi connectivity index (χ0v) is 25.9. The Morgan fingerprint density at radius 1 is 0.900 bits per heavy atom. The SMILES string of the molecule is CC[C@@H](CN1CCCC1)Oc1cc(Cl)ccc1C1CCN(C(=O)[C@@H](Cc2ccc(Cl)cc2Cl)N2CCCC2)CC1. The molecule has 3 heterocycles. The number of ether oxygens (including phenoxy) is 1. The summed E-state index contributed by atoms with van der Waals surface area (Å²) in [5.74, 6) is 1.47. The number of hydrogen-bond acceptors (Lipinski definition) is 4. The van der Waals surface area contributed by atoms with Gasteiger partial charge >= 0.3 is 0 Å². The van der Waals surface area contributed by atoms with Gasteiger partial charge in [-0.1, -0.05) is 53.9 Å². The van der Waals surface area contributed by atoms with Gasteiger partial charge in [-0.15, -0.1) is 0 Å². The van der Waals surface area contributed by atoms with Crippen molar-refractivity contribution in [3.05, 3.63) is 62.6 Å². The van der Waals surface area contributed by atoms with Crippen LogP contribution in [0, 0.1) is 0 Å². The maximum absolute atomic E-state index is 13.9. The Morgan fingerprint density at radius 3 is 2.23 bits per heavy atom. The van der Waals surface area contributed by atoms with E-state index >= 15 is 0 Å². The molecule has 5 rings (SSSR count). The van der Waals surface area contributed by atoms with Crippen LogP contribution in [0.3, 0.4) is 0 Å². The number of carbonyl (C=O) groups is 1. The fourth-order valence-electron chi connectivity index (χ4n) is 6.57. The van der Waals surface area contributed by atoms with Crippen molar-refractivity contribution in [2.24, 2.45) is 0 Å². The summed E-state index contributed by atoms with van der Waals surface area (Å²) in [7, 11) is 0. The highest BCUT2D eigenvalue weighted by Crippen LogP contribution is 2.37. The van der Waals surface area contributed by atoms with Gasteiger partial charge in [0, 0.05) is 34.7 Å². The lowest BCUT2D eigenvalue weighted by Crippen LogP contribution is -2.51. The second-order valence-corrected chi connectivity index (χ2v) is 12.9. The van der Waals surface area contributed by atoms with Crippen LogP contribution in [-0.2, 0) is 11.2 Å². The molecule has 0 spiro atoms. The van der Waals surface area contributed by atoms with Crippen molar-refractivity contribution < 1.29 is 9.53 Å². The third kappa shape index (κ3) is 7.46. The largest absolute Gasteiger partial charge is 0.489 e. The van der Waals surface area contributed by atoms with Crippen molar-refractivity contribution in [2.75, 3.05) is 45.8 Å². The number of rotatable bonds is 10. The van der Waals surface area contributed by atoms with Gasteiger partial charge in [-0.05, 0) is 119 Å². The van der Waals surface area contributed by atoms with Crippen LogP contribution in [0.5, 0.6) is 5.75 Å². The lowest BCUT2D eigenvalue weighted by Gasteiger charge is -2.37. The molecule has 0 N–H and O–H groups in total. The number of piperidine rings is 1. The van der Waals surface area contributed by atoms with Crippen LogP contribution in [0.25, 0.3) is 0 Å². The van der Waals surface area contributed by atoms with Gasteiger partial charge in [0.25, 0.3) is 0 Å². The van der Waals surface area contributed by atoms with E-state index in [-0.39, 0.29) is 18.1 Å². The Hall–Kier alpha value is -1.50. The average Bonchev–Trinajstić information content (AvgIpc) is 3.67. The molecule has 3 saturated heterocycles. The second kappa shape index (κ2) is 14.1. The second-order valence-electron chi connectivity index (χ2n) is 11.6. The third-order valence-corrected chi connectivity index (χ3v) is 9.75. The molecule has 0 radical (unpaired) electrons. The Balaban J connectivity index is 1.25. The molecule has 0 aliphatic carbocycles. The highest BCUT2D eigenvalue weighted by molar-refractivity contribution is 6.35. The van der Waals surface area contributed by atoms with E-state index in [1.807, 2.05) is 24.3 Å². The molecule has 2 aromatic carbocycles. The van der Waals surface area contributed by atoms with Gasteiger partial charge in [0.1, 0.15) is 11.9 Å². The molecule has 0 aromatic heterocycles. The van der Waals surface area contributed by atoms with E-state index in [1.165, 1.54) is 18.4 Å². The van der Waals surface area contributed by atoms with Crippen LogP contribution < -0.4 is 4.74 Å². The van der Waals surface area contributed by atoms with Gasteiger partial charge in [0.15, 0.2) is 0 Å². The van der Waals surface area contributed by atoms with Crippen LogP contribution in [0.2, 0.25) is 15.1 Å². The number of benzene rings is 2. The molecule has 3 aliphatic rings. The van der Waals surface area contributed by atoms with Crippen molar-refractivity contribution >= 4 is 40.7 Å². The normalized spacial score (nSPS) is 20.6. The van der Waals surface area contributed by atoms with Crippen LogP contribution in [0.1, 0.15) is 68.9 Å². The number of hydrogen-bond donors (Lipinski definition) is 0. The first-order chi connectivity index (χ1) is 19.4. The summed E-state index contributed by atoms with van der Waals surface area (Å²) in [5, 5.41) is 1.96. The molecular weight excluding hydrogens is 565 g/mol. The lowest BCUT2D eigenvalue weighted by atomic mass is 9.88. The van der Waals surface area contributed by atoms with Gasteiger partial charge in [-0.2, -0.15) is 0 Å². The molecule has 3 aliphatic heterocycles. The van der Waals surface area contributed by atoms with E-state index in [4.69, 9.17) is 39.5 Å². The Morgan fingerprint density at radius 2 is 1.55 bits per heavy atom. The van der Waals surface area contributed by atoms with Crippen molar-refractivity contribution in [3.8, 4) is 5.75 Å². The number of halogens is 3. The van der Waals surface area contributed by atoms with Crippen molar-refractivity contribution in [1.29, 1.82) is 0 Å². The highest BCUT2D eigenvalue weighted by atomic mass is 35.5. The Kier molecular flexibility index (Phi) is 10.6. The van der Waals surface area contributed by atoms with Crippen LogP contribution in [0.4, 0.5) is 0 Å². The predicted molar refractivity (Wildman–Crippen MR) is 165 cm³/mol. The molecule has 0 bridgehead atoms. The van der Waals surface area contributed by atoms with E-state index in [1.54, 1.807) is 6.07 Å². The summed E-state index contributed by atoms with van der Waals surface area (Å²) >= 11 is 19.1. The molecule has 3 fully saturated rings. The topological polar surface area (TPSA) is 36.0 Å². The summed E-state index contributed by atoms with van der Waals surface area (Å²) in [6.45, 7) is 8.90. The first kappa shape index (κ1) is 30.0. The zero-order chi connectivity index (χ0) is 28.1. The molecule has 8 heteroatoms. The molecule has 40 heavy (non-hydrogen) atoms. The van der Waals surface area contributed by atoms with E-state index in [0.29, 0.717) is 27.4 Å². The van der Waals surface area contributed by atoms with E-state index in [2.05, 4.69) is 27.7 Å². The summed E-state index contributed by atoms with van der Waals surface area (Å²) < 4.78 is 6.62. The third-order valence-electron chi connectivity index (χ3n) is 8.93. The monoisotopic (exact) mass is 605 g/mol. The quantitative estimate of drug-likeness (QED) is 0.284. The maximum atomic E-state index is 13.9. The van der Waals surface area contributed by atoms with E-state index in [0.717, 1.165) is 89.2 Å². The molecule has 2 atom stereocenters. The first-order valence-corrected chi connectivity index (χ1v) is 16.2.